The number of amides is 1. The van der Waals surface area contributed by atoms with Crippen LogP contribution in [-0.2, 0) is 14.8 Å². The van der Waals surface area contributed by atoms with Crippen molar-refractivity contribution in [3.8, 4) is 0 Å². The van der Waals surface area contributed by atoms with Crippen LogP contribution in [0.15, 0.2) is 24.3 Å². The van der Waals surface area contributed by atoms with E-state index in [0.717, 1.165) is 0 Å². The van der Waals surface area contributed by atoms with Gasteiger partial charge >= 0.3 is 0 Å². The highest BCUT2D eigenvalue weighted by Gasteiger charge is 2.10. The highest BCUT2D eigenvalue weighted by Crippen LogP contribution is 2.16. The number of hydrogen-bond acceptors (Lipinski definition) is 3. The second kappa shape index (κ2) is 8.24. The molecule has 21 heavy (non-hydrogen) atoms. The molecule has 1 rings (SSSR count). The van der Waals surface area contributed by atoms with Crippen LogP contribution in [-0.4, -0.2) is 26.0 Å². The molecule has 0 aliphatic rings. The van der Waals surface area contributed by atoms with Crippen molar-refractivity contribution in [2.24, 2.45) is 5.92 Å². The first-order valence-corrected chi connectivity index (χ1v) is 8.97. The molecule has 0 saturated heterocycles. The van der Waals surface area contributed by atoms with Gasteiger partial charge in [0.2, 0.25) is 15.9 Å². The van der Waals surface area contributed by atoms with Crippen molar-refractivity contribution in [3.63, 3.8) is 0 Å². The summed E-state index contributed by atoms with van der Waals surface area (Å²) < 4.78 is 25.9. The molecule has 0 bridgehead atoms. The molecule has 7 heteroatoms. The van der Waals surface area contributed by atoms with Crippen molar-refractivity contribution in [3.05, 3.63) is 24.3 Å². The highest BCUT2D eigenvalue weighted by atomic mass is 35.5. The molecule has 0 heterocycles. The molecule has 1 aromatic carbocycles. The average molecular weight is 333 g/mol. The first-order chi connectivity index (χ1) is 9.82. The van der Waals surface area contributed by atoms with E-state index in [0.29, 0.717) is 30.1 Å². The second-order valence-corrected chi connectivity index (χ2v) is 7.41. The van der Waals surface area contributed by atoms with E-state index in [1.807, 2.05) is 13.8 Å². The van der Waals surface area contributed by atoms with E-state index >= 15 is 0 Å². The quantitative estimate of drug-likeness (QED) is 0.718. The molecule has 0 saturated carbocycles. The number of rotatable bonds is 8. The molecule has 0 radical (unpaired) electrons. The Morgan fingerprint density at radius 1 is 1.19 bits per heavy atom. The van der Waals surface area contributed by atoms with Crippen LogP contribution in [0.3, 0.4) is 0 Å². The van der Waals surface area contributed by atoms with Crippen LogP contribution in [0.4, 0.5) is 11.4 Å². The maximum absolute atomic E-state index is 11.7. The lowest BCUT2D eigenvalue weighted by molar-refractivity contribution is -0.116. The number of halogens is 1. The van der Waals surface area contributed by atoms with E-state index in [1.54, 1.807) is 24.3 Å². The Morgan fingerprint density at radius 2 is 1.76 bits per heavy atom. The smallest absolute Gasteiger partial charge is 0.232 e. The molecule has 2 N–H and O–H groups in total. The van der Waals surface area contributed by atoms with Gasteiger partial charge in [-0.3, -0.25) is 9.52 Å². The van der Waals surface area contributed by atoms with Crippen molar-refractivity contribution in [1.29, 1.82) is 0 Å². The van der Waals surface area contributed by atoms with Crippen molar-refractivity contribution >= 4 is 38.9 Å². The zero-order valence-electron chi connectivity index (χ0n) is 12.2. The third-order valence-corrected chi connectivity index (χ3v) is 4.22. The van der Waals surface area contributed by atoms with Gasteiger partial charge in [0.1, 0.15) is 0 Å². The third-order valence-electron chi connectivity index (χ3n) is 2.58. The molecule has 0 unspecified atom stereocenters. The minimum Gasteiger partial charge on any atom is -0.326 e. The molecule has 1 aromatic rings. The number of carbonyl (C=O) groups excluding carboxylic acids is 1. The van der Waals surface area contributed by atoms with Gasteiger partial charge < -0.3 is 5.32 Å². The Kier molecular flexibility index (Phi) is 6.98. The summed E-state index contributed by atoms with van der Waals surface area (Å²) in [4.78, 5) is 11.6. The van der Waals surface area contributed by atoms with Crippen LogP contribution < -0.4 is 10.0 Å². The van der Waals surface area contributed by atoms with Crippen molar-refractivity contribution < 1.29 is 13.2 Å². The van der Waals surface area contributed by atoms with Gasteiger partial charge in [0.15, 0.2) is 0 Å². The lowest BCUT2D eigenvalue weighted by Gasteiger charge is -2.10. The lowest BCUT2D eigenvalue weighted by atomic mass is 10.1. The predicted molar refractivity (Wildman–Crippen MR) is 87.3 cm³/mol. The standard InChI is InChI=1S/C14H21ClN2O3S/c1-11(2)10-14(18)16-12-4-6-13(7-5-12)17-21(19,20)9-3-8-15/h4-7,11,17H,3,8-10H2,1-2H3,(H,16,18). The molecule has 0 aliphatic heterocycles. The van der Waals surface area contributed by atoms with Crippen LogP contribution >= 0.6 is 11.6 Å². The van der Waals surface area contributed by atoms with E-state index < -0.39 is 10.0 Å². The van der Waals surface area contributed by atoms with Gasteiger partial charge in [0.25, 0.3) is 0 Å². The summed E-state index contributed by atoms with van der Waals surface area (Å²) in [6.07, 6.45) is 0.854. The van der Waals surface area contributed by atoms with E-state index in [-0.39, 0.29) is 17.6 Å². The fourth-order valence-corrected chi connectivity index (χ4v) is 3.09. The first-order valence-electron chi connectivity index (χ1n) is 6.79. The summed E-state index contributed by atoms with van der Waals surface area (Å²) in [5.74, 6) is 0.531. The fraction of sp³-hybridized carbons (Fsp3) is 0.500. The summed E-state index contributed by atoms with van der Waals surface area (Å²) in [6.45, 7) is 3.94. The van der Waals surface area contributed by atoms with Crippen LogP contribution in [0, 0.1) is 5.92 Å². The Bertz CT molecular complexity index is 556. The molecule has 1 amide bonds. The van der Waals surface area contributed by atoms with E-state index in [2.05, 4.69) is 10.0 Å². The van der Waals surface area contributed by atoms with Gasteiger partial charge in [-0.15, -0.1) is 11.6 Å². The molecule has 0 aliphatic carbocycles. The van der Waals surface area contributed by atoms with Crippen LogP contribution in [0.2, 0.25) is 0 Å². The minimum absolute atomic E-state index is 0.0105. The third kappa shape index (κ3) is 7.34. The molecule has 118 valence electrons. The van der Waals surface area contributed by atoms with Crippen LogP contribution in [0.5, 0.6) is 0 Å². The van der Waals surface area contributed by atoms with Gasteiger partial charge in [0, 0.05) is 23.7 Å². The lowest BCUT2D eigenvalue weighted by Crippen LogP contribution is -2.17. The highest BCUT2D eigenvalue weighted by molar-refractivity contribution is 7.92. The normalized spacial score (nSPS) is 11.4. The monoisotopic (exact) mass is 332 g/mol. The van der Waals surface area contributed by atoms with Gasteiger partial charge in [-0.25, -0.2) is 8.42 Å². The van der Waals surface area contributed by atoms with Crippen LogP contribution in [0.1, 0.15) is 26.7 Å². The summed E-state index contributed by atoms with van der Waals surface area (Å²) >= 11 is 5.48. The second-order valence-electron chi connectivity index (χ2n) is 5.19. The van der Waals surface area contributed by atoms with Crippen molar-refractivity contribution in [2.45, 2.75) is 26.7 Å². The Labute approximate surface area is 131 Å². The Morgan fingerprint density at radius 3 is 2.29 bits per heavy atom. The minimum atomic E-state index is -3.37. The zero-order valence-corrected chi connectivity index (χ0v) is 13.8. The van der Waals surface area contributed by atoms with Crippen molar-refractivity contribution in [2.75, 3.05) is 21.7 Å². The van der Waals surface area contributed by atoms with Gasteiger partial charge in [-0.2, -0.15) is 0 Å². The summed E-state index contributed by atoms with van der Waals surface area (Å²) in [5.41, 5.74) is 1.11. The number of alkyl halides is 1. The summed E-state index contributed by atoms with van der Waals surface area (Å²) in [5, 5.41) is 2.76. The van der Waals surface area contributed by atoms with E-state index in [4.69, 9.17) is 11.6 Å². The number of hydrogen-bond donors (Lipinski definition) is 2. The van der Waals surface area contributed by atoms with Crippen LogP contribution in [0.25, 0.3) is 0 Å². The maximum Gasteiger partial charge on any atom is 0.232 e. The van der Waals surface area contributed by atoms with Gasteiger partial charge in [-0.1, -0.05) is 13.8 Å². The molecule has 0 aromatic heterocycles. The number of benzene rings is 1. The fourth-order valence-electron chi connectivity index (χ4n) is 1.68. The van der Waals surface area contributed by atoms with Gasteiger partial charge in [0.05, 0.1) is 5.75 Å². The molecule has 0 fully saturated rings. The Hall–Kier alpha value is -1.27. The molecule has 0 atom stereocenters. The topological polar surface area (TPSA) is 75.3 Å². The van der Waals surface area contributed by atoms with Gasteiger partial charge in [-0.05, 0) is 36.6 Å². The number of anilines is 2. The molecular formula is C14H21ClN2O3S. The predicted octanol–water partition coefficient (Wildman–Crippen LogP) is 3.04. The summed E-state index contributed by atoms with van der Waals surface area (Å²) in [6, 6.07) is 6.56. The van der Waals surface area contributed by atoms with E-state index in [1.165, 1.54) is 0 Å². The molecule has 0 spiro atoms. The first kappa shape index (κ1) is 17.8. The number of sulfonamides is 1. The molecular weight excluding hydrogens is 312 g/mol. The summed E-state index contributed by atoms with van der Waals surface area (Å²) in [7, 11) is -3.37. The van der Waals surface area contributed by atoms with E-state index in [9.17, 15) is 13.2 Å². The van der Waals surface area contributed by atoms with Crippen molar-refractivity contribution in [1.82, 2.24) is 0 Å². The Balaban J connectivity index is 2.60. The molecule has 5 nitrogen and oxygen atoms in total. The maximum atomic E-state index is 11.7. The largest absolute Gasteiger partial charge is 0.326 e. The number of carbonyl (C=O) groups is 1. The SMILES string of the molecule is CC(C)CC(=O)Nc1ccc(NS(=O)(=O)CCCCl)cc1. The zero-order chi connectivity index (χ0) is 15.9. The number of nitrogens with one attached hydrogen (secondary N) is 2. The average Bonchev–Trinajstić information content (AvgIpc) is 2.37.